The number of nitrogens with zero attached hydrogens (tertiary/aromatic N) is 2. The Balaban J connectivity index is 1.76. The first-order valence-electron chi connectivity index (χ1n) is 6.76. The number of anilines is 1. The van der Waals surface area contributed by atoms with Crippen LogP contribution in [-0.4, -0.2) is 21.1 Å². The molecule has 0 fully saturated rings. The molecule has 124 valence electrons. The first kappa shape index (κ1) is 16.7. The van der Waals surface area contributed by atoms with Crippen molar-refractivity contribution in [1.29, 1.82) is 0 Å². The molecular weight excluding hydrogens is 359 g/mol. The van der Waals surface area contributed by atoms with Gasteiger partial charge in [-0.05, 0) is 30.5 Å². The zero-order chi connectivity index (χ0) is 17.3. The lowest BCUT2D eigenvalue weighted by Crippen LogP contribution is -2.23. The molecule has 1 amide bonds. The second-order valence-electron chi connectivity index (χ2n) is 4.79. The number of carbonyl (C=O) groups excluding carboxylic acids is 1. The fraction of sp³-hybridized carbons (Fsp3) is 0.133. The number of hydrogen-bond donors (Lipinski definition) is 1. The van der Waals surface area contributed by atoms with Gasteiger partial charge in [0.25, 0.3) is 0 Å². The minimum Gasteiger partial charge on any atom is -0.323 e. The number of benzene rings is 1. The van der Waals surface area contributed by atoms with Gasteiger partial charge in [0, 0.05) is 0 Å². The smallest absolute Gasteiger partial charge is 0.237 e. The number of fused-ring (bicyclic) bond motifs is 1. The van der Waals surface area contributed by atoms with Crippen molar-refractivity contribution < 1.29 is 18.0 Å². The molecule has 0 bridgehead atoms. The SMILES string of the molecule is CC(Sc1ncnc2ccsc12)C(=O)Nc1ccc(F)c(F)c1F. The molecule has 1 aromatic carbocycles. The number of thioether (sulfide) groups is 1. The van der Waals surface area contributed by atoms with E-state index in [-0.39, 0.29) is 0 Å². The molecule has 24 heavy (non-hydrogen) atoms. The molecule has 1 unspecified atom stereocenters. The van der Waals surface area contributed by atoms with Crippen molar-refractivity contribution >= 4 is 44.9 Å². The Morgan fingerprint density at radius 2 is 2.00 bits per heavy atom. The van der Waals surface area contributed by atoms with Gasteiger partial charge in [0.15, 0.2) is 17.5 Å². The highest BCUT2D eigenvalue weighted by Gasteiger charge is 2.20. The summed E-state index contributed by atoms with van der Waals surface area (Å²) in [6.45, 7) is 1.61. The van der Waals surface area contributed by atoms with Crippen LogP contribution in [0.1, 0.15) is 6.92 Å². The summed E-state index contributed by atoms with van der Waals surface area (Å²) in [5, 5.41) is 4.13. The average Bonchev–Trinajstić information content (AvgIpc) is 3.05. The maximum Gasteiger partial charge on any atom is 0.237 e. The van der Waals surface area contributed by atoms with Gasteiger partial charge in [0.1, 0.15) is 11.4 Å². The summed E-state index contributed by atoms with van der Waals surface area (Å²) < 4.78 is 40.6. The molecule has 0 aliphatic rings. The lowest BCUT2D eigenvalue weighted by atomic mass is 10.2. The maximum atomic E-state index is 13.6. The topological polar surface area (TPSA) is 54.9 Å². The van der Waals surface area contributed by atoms with E-state index in [4.69, 9.17) is 0 Å². The van der Waals surface area contributed by atoms with Crippen LogP contribution in [0, 0.1) is 17.5 Å². The summed E-state index contributed by atoms with van der Waals surface area (Å²) >= 11 is 2.62. The Labute approximate surface area is 143 Å². The van der Waals surface area contributed by atoms with E-state index in [1.165, 1.54) is 29.4 Å². The fourth-order valence-corrected chi connectivity index (χ4v) is 3.77. The van der Waals surface area contributed by atoms with Gasteiger partial charge in [-0.15, -0.1) is 11.3 Å². The van der Waals surface area contributed by atoms with Crippen LogP contribution in [0.3, 0.4) is 0 Å². The standard InChI is InChI=1S/C15H10F3N3OS2/c1-7(24-15-13-10(4-5-23-13)19-6-20-15)14(22)21-9-3-2-8(16)11(17)12(9)18/h2-7H,1H3,(H,21,22). The quantitative estimate of drug-likeness (QED) is 0.425. The number of amides is 1. The van der Waals surface area contributed by atoms with Gasteiger partial charge in [0.05, 0.1) is 21.2 Å². The fourth-order valence-electron chi connectivity index (χ4n) is 1.93. The average molecular weight is 369 g/mol. The highest BCUT2D eigenvalue weighted by Crippen LogP contribution is 2.31. The van der Waals surface area contributed by atoms with Gasteiger partial charge in [-0.3, -0.25) is 4.79 Å². The molecule has 4 nitrogen and oxygen atoms in total. The van der Waals surface area contributed by atoms with E-state index < -0.39 is 34.3 Å². The molecule has 3 aromatic rings. The van der Waals surface area contributed by atoms with E-state index in [0.29, 0.717) is 5.03 Å². The number of hydrogen-bond acceptors (Lipinski definition) is 5. The molecule has 0 radical (unpaired) electrons. The highest BCUT2D eigenvalue weighted by atomic mass is 32.2. The third kappa shape index (κ3) is 3.22. The number of thiophene rings is 1. The van der Waals surface area contributed by atoms with E-state index in [1.54, 1.807) is 6.92 Å². The largest absolute Gasteiger partial charge is 0.323 e. The molecule has 2 heterocycles. The van der Waals surface area contributed by atoms with E-state index >= 15 is 0 Å². The first-order chi connectivity index (χ1) is 11.5. The van der Waals surface area contributed by atoms with Gasteiger partial charge in [-0.25, -0.2) is 23.1 Å². The van der Waals surface area contributed by atoms with Crippen LogP contribution in [-0.2, 0) is 4.79 Å². The van der Waals surface area contributed by atoms with Gasteiger partial charge in [-0.1, -0.05) is 11.8 Å². The summed E-state index contributed by atoms with van der Waals surface area (Å²) in [4.78, 5) is 20.4. The van der Waals surface area contributed by atoms with Crippen molar-refractivity contribution in [2.24, 2.45) is 0 Å². The van der Waals surface area contributed by atoms with E-state index in [1.807, 2.05) is 11.4 Å². The highest BCUT2D eigenvalue weighted by molar-refractivity contribution is 8.00. The number of rotatable bonds is 4. The molecule has 0 saturated heterocycles. The molecule has 3 rings (SSSR count). The molecule has 1 atom stereocenters. The summed E-state index contributed by atoms with van der Waals surface area (Å²) in [6.07, 6.45) is 1.40. The van der Waals surface area contributed by atoms with Gasteiger partial charge >= 0.3 is 0 Å². The second kappa shape index (κ2) is 6.78. The second-order valence-corrected chi connectivity index (χ2v) is 7.03. The van der Waals surface area contributed by atoms with Crippen molar-refractivity contribution in [3.63, 3.8) is 0 Å². The molecule has 2 aromatic heterocycles. The minimum absolute atomic E-state index is 0.407. The normalized spacial score (nSPS) is 12.3. The predicted octanol–water partition coefficient (Wildman–Crippen LogP) is 4.23. The van der Waals surface area contributed by atoms with Gasteiger partial charge in [-0.2, -0.15) is 0 Å². The van der Waals surface area contributed by atoms with Crippen LogP contribution >= 0.6 is 23.1 Å². The zero-order valence-electron chi connectivity index (χ0n) is 12.2. The summed E-state index contributed by atoms with van der Waals surface area (Å²) in [5.41, 5.74) is 0.368. The Hall–Kier alpha value is -2.13. The van der Waals surface area contributed by atoms with Crippen molar-refractivity contribution in [2.75, 3.05) is 5.32 Å². The Morgan fingerprint density at radius 3 is 2.79 bits per heavy atom. The molecule has 0 aliphatic heterocycles. The Kier molecular flexibility index (Phi) is 4.72. The Morgan fingerprint density at radius 1 is 1.21 bits per heavy atom. The van der Waals surface area contributed by atoms with Crippen molar-refractivity contribution in [3.05, 3.63) is 47.4 Å². The van der Waals surface area contributed by atoms with Crippen LogP contribution in [0.5, 0.6) is 0 Å². The number of carbonyl (C=O) groups is 1. The van der Waals surface area contributed by atoms with Crippen molar-refractivity contribution in [3.8, 4) is 0 Å². The number of nitrogens with one attached hydrogen (secondary N) is 1. The molecule has 0 spiro atoms. The molecule has 1 N–H and O–H groups in total. The van der Waals surface area contributed by atoms with Crippen LogP contribution in [0.25, 0.3) is 10.2 Å². The summed E-state index contributed by atoms with van der Waals surface area (Å²) in [6, 6.07) is 3.57. The zero-order valence-corrected chi connectivity index (χ0v) is 13.9. The molecule has 9 heteroatoms. The first-order valence-corrected chi connectivity index (χ1v) is 8.52. The summed E-state index contributed by atoms with van der Waals surface area (Å²) in [5.74, 6) is -4.91. The minimum atomic E-state index is -1.62. The van der Waals surface area contributed by atoms with Crippen LogP contribution < -0.4 is 5.32 Å². The molecular formula is C15H10F3N3OS2. The maximum absolute atomic E-state index is 13.6. The van der Waals surface area contributed by atoms with Gasteiger partial charge < -0.3 is 5.32 Å². The van der Waals surface area contributed by atoms with E-state index in [0.717, 1.165) is 22.3 Å². The number of halogens is 3. The third-order valence-corrected chi connectivity index (χ3v) is 5.30. The van der Waals surface area contributed by atoms with Crippen LogP contribution in [0.4, 0.5) is 18.9 Å². The molecule has 0 aliphatic carbocycles. The van der Waals surface area contributed by atoms with Crippen LogP contribution in [0.2, 0.25) is 0 Å². The van der Waals surface area contributed by atoms with Crippen molar-refractivity contribution in [1.82, 2.24) is 9.97 Å². The monoisotopic (exact) mass is 369 g/mol. The third-order valence-electron chi connectivity index (χ3n) is 3.16. The number of aromatic nitrogens is 2. The summed E-state index contributed by atoms with van der Waals surface area (Å²) in [7, 11) is 0. The van der Waals surface area contributed by atoms with E-state index in [2.05, 4.69) is 15.3 Å². The molecule has 0 saturated carbocycles. The van der Waals surface area contributed by atoms with Crippen molar-refractivity contribution in [2.45, 2.75) is 17.2 Å². The van der Waals surface area contributed by atoms with Crippen LogP contribution in [0.15, 0.2) is 34.9 Å². The Bertz CT molecular complexity index is 916. The lowest BCUT2D eigenvalue weighted by molar-refractivity contribution is -0.115. The van der Waals surface area contributed by atoms with E-state index in [9.17, 15) is 18.0 Å². The lowest BCUT2D eigenvalue weighted by Gasteiger charge is -2.12. The predicted molar refractivity (Wildman–Crippen MR) is 87.7 cm³/mol. The van der Waals surface area contributed by atoms with Gasteiger partial charge in [0.2, 0.25) is 5.91 Å².